The highest BCUT2D eigenvalue weighted by Crippen LogP contribution is 2.24. The van der Waals surface area contributed by atoms with Crippen LogP contribution < -0.4 is 0 Å². The van der Waals surface area contributed by atoms with Gasteiger partial charge in [-0.25, -0.2) is 9.59 Å². The second kappa shape index (κ2) is 8.20. The normalized spacial score (nSPS) is 19.0. The SMILES string of the molecule is CCOC(=O)/C=C/[C@H]1CCN(C(=O)OC(C)(C)CC(C)C)C1. The Morgan fingerprint density at radius 1 is 1.36 bits per heavy atom. The van der Waals surface area contributed by atoms with Gasteiger partial charge in [-0.1, -0.05) is 19.9 Å². The predicted molar refractivity (Wildman–Crippen MR) is 85.5 cm³/mol. The number of amides is 1. The van der Waals surface area contributed by atoms with Gasteiger partial charge in [0.25, 0.3) is 0 Å². The lowest BCUT2D eigenvalue weighted by Gasteiger charge is -2.29. The molecule has 0 spiro atoms. The van der Waals surface area contributed by atoms with Crippen LogP contribution in [0.1, 0.15) is 47.5 Å². The summed E-state index contributed by atoms with van der Waals surface area (Å²) in [6.45, 7) is 11.5. The van der Waals surface area contributed by atoms with Crippen molar-refractivity contribution in [1.82, 2.24) is 4.90 Å². The van der Waals surface area contributed by atoms with Crippen LogP contribution in [0.4, 0.5) is 4.79 Å². The van der Waals surface area contributed by atoms with Crippen molar-refractivity contribution in [2.75, 3.05) is 19.7 Å². The number of hydrogen-bond donors (Lipinski definition) is 0. The molecule has 5 heteroatoms. The highest BCUT2D eigenvalue weighted by Gasteiger charge is 2.31. The molecule has 0 unspecified atom stereocenters. The summed E-state index contributed by atoms with van der Waals surface area (Å²) >= 11 is 0. The fourth-order valence-corrected chi connectivity index (χ4v) is 2.84. The lowest BCUT2D eigenvalue weighted by Crippen LogP contribution is -2.37. The minimum absolute atomic E-state index is 0.185. The maximum atomic E-state index is 12.2. The smallest absolute Gasteiger partial charge is 0.410 e. The van der Waals surface area contributed by atoms with Crippen molar-refractivity contribution in [2.24, 2.45) is 11.8 Å². The minimum Gasteiger partial charge on any atom is -0.463 e. The zero-order valence-corrected chi connectivity index (χ0v) is 14.4. The third-order valence-electron chi connectivity index (χ3n) is 3.54. The Hall–Kier alpha value is -1.52. The molecule has 22 heavy (non-hydrogen) atoms. The van der Waals surface area contributed by atoms with E-state index >= 15 is 0 Å². The Bertz CT molecular complexity index is 415. The molecule has 0 radical (unpaired) electrons. The van der Waals surface area contributed by atoms with Crippen molar-refractivity contribution in [3.63, 3.8) is 0 Å². The molecular formula is C17H29NO4. The average Bonchev–Trinajstić information content (AvgIpc) is 2.83. The number of carbonyl (C=O) groups is 2. The van der Waals surface area contributed by atoms with E-state index in [1.807, 2.05) is 19.9 Å². The van der Waals surface area contributed by atoms with E-state index in [0.717, 1.165) is 12.8 Å². The van der Waals surface area contributed by atoms with Gasteiger partial charge in [-0.2, -0.15) is 0 Å². The van der Waals surface area contributed by atoms with Crippen molar-refractivity contribution < 1.29 is 19.1 Å². The Labute approximate surface area is 133 Å². The van der Waals surface area contributed by atoms with Gasteiger partial charge in [-0.15, -0.1) is 0 Å². The van der Waals surface area contributed by atoms with E-state index in [0.29, 0.717) is 25.6 Å². The van der Waals surface area contributed by atoms with Gasteiger partial charge in [0.05, 0.1) is 6.61 Å². The van der Waals surface area contributed by atoms with E-state index in [1.165, 1.54) is 6.08 Å². The Morgan fingerprint density at radius 2 is 2.05 bits per heavy atom. The van der Waals surface area contributed by atoms with E-state index in [2.05, 4.69) is 13.8 Å². The van der Waals surface area contributed by atoms with Crippen LogP contribution >= 0.6 is 0 Å². The van der Waals surface area contributed by atoms with Crippen LogP contribution in [-0.4, -0.2) is 42.3 Å². The van der Waals surface area contributed by atoms with Crippen LogP contribution in [0.2, 0.25) is 0 Å². The summed E-state index contributed by atoms with van der Waals surface area (Å²) in [5, 5.41) is 0. The number of nitrogens with zero attached hydrogens (tertiary/aromatic N) is 1. The Balaban J connectivity index is 2.45. The second-order valence-electron chi connectivity index (χ2n) is 6.83. The number of rotatable bonds is 6. The number of likely N-dealkylation sites (tertiary alicyclic amines) is 1. The lowest BCUT2D eigenvalue weighted by atomic mass is 9.96. The molecule has 1 saturated heterocycles. The van der Waals surface area contributed by atoms with Gasteiger partial charge >= 0.3 is 12.1 Å². The van der Waals surface area contributed by atoms with Crippen LogP contribution in [0.3, 0.4) is 0 Å². The topological polar surface area (TPSA) is 55.8 Å². The molecule has 1 heterocycles. The molecule has 1 aliphatic heterocycles. The predicted octanol–water partition coefficient (Wildman–Crippen LogP) is 3.39. The molecule has 0 aromatic carbocycles. The zero-order valence-electron chi connectivity index (χ0n) is 14.4. The minimum atomic E-state index is -0.454. The van der Waals surface area contributed by atoms with Crippen molar-refractivity contribution in [3.05, 3.63) is 12.2 Å². The first-order chi connectivity index (χ1) is 10.2. The van der Waals surface area contributed by atoms with Gasteiger partial charge in [0.1, 0.15) is 5.60 Å². The van der Waals surface area contributed by atoms with Crippen LogP contribution in [0.15, 0.2) is 12.2 Å². The van der Waals surface area contributed by atoms with Crippen molar-refractivity contribution >= 4 is 12.1 Å². The van der Waals surface area contributed by atoms with Crippen molar-refractivity contribution in [2.45, 2.75) is 53.1 Å². The monoisotopic (exact) mass is 311 g/mol. The third kappa shape index (κ3) is 6.50. The number of hydrogen-bond acceptors (Lipinski definition) is 4. The van der Waals surface area contributed by atoms with E-state index in [-0.39, 0.29) is 18.0 Å². The second-order valence-corrected chi connectivity index (χ2v) is 6.83. The average molecular weight is 311 g/mol. The summed E-state index contributed by atoms with van der Waals surface area (Å²) in [5.74, 6) is 0.327. The van der Waals surface area contributed by atoms with Crippen LogP contribution in [0.25, 0.3) is 0 Å². The maximum absolute atomic E-state index is 12.2. The molecule has 0 N–H and O–H groups in total. The molecule has 1 fully saturated rings. The van der Waals surface area contributed by atoms with Gasteiger partial charge in [0.15, 0.2) is 0 Å². The first-order valence-electron chi connectivity index (χ1n) is 8.06. The fraction of sp³-hybridized carbons (Fsp3) is 0.765. The Kier molecular flexibility index (Phi) is 6.91. The first kappa shape index (κ1) is 18.5. The molecule has 1 rings (SSSR count). The van der Waals surface area contributed by atoms with E-state index in [1.54, 1.807) is 11.8 Å². The summed E-state index contributed by atoms with van der Waals surface area (Å²) in [5.41, 5.74) is -0.454. The van der Waals surface area contributed by atoms with Crippen LogP contribution in [0, 0.1) is 11.8 Å². The molecular weight excluding hydrogens is 282 g/mol. The largest absolute Gasteiger partial charge is 0.463 e. The fourth-order valence-electron chi connectivity index (χ4n) is 2.84. The quantitative estimate of drug-likeness (QED) is 0.557. The standard InChI is InChI=1S/C17H29NO4/c1-6-21-15(19)8-7-14-9-10-18(12-14)16(20)22-17(4,5)11-13(2)3/h7-8,13-14H,6,9-12H2,1-5H3/b8-7+/t14-/m0/s1. The van der Waals surface area contributed by atoms with Gasteiger partial charge in [-0.05, 0) is 45.4 Å². The van der Waals surface area contributed by atoms with Gasteiger partial charge in [0, 0.05) is 19.2 Å². The number of ether oxygens (including phenoxy) is 2. The number of carbonyl (C=O) groups excluding carboxylic acids is 2. The molecule has 5 nitrogen and oxygen atoms in total. The third-order valence-corrected chi connectivity index (χ3v) is 3.54. The summed E-state index contributed by atoms with van der Waals surface area (Å²) in [7, 11) is 0. The molecule has 1 aliphatic rings. The van der Waals surface area contributed by atoms with Gasteiger partial charge < -0.3 is 14.4 Å². The van der Waals surface area contributed by atoms with E-state index < -0.39 is 5.60 Å². The van der Waals surface area contributed by atoms with Crippen molar-refractivity contribution in [3.8, 4) is 0 Å². The first-order valence-corrected chi connectivity index (χ1v) is 8.06. The molecule has 0 saturated carbocycles. The van der Waals surface area contributed by atoms with E-state index in [4.69, 9.17) is 9.47 Å². The molecule has 1 amide bonds. The summed E-state index contributed by atoms with van der Waals surface area (Å²) in [4.78, 5) is 25.2. The molecule has 0 aliphatic carbocycles. The van der Waals surface area contributed by atoms with Crippen molar-refractivity contribution in [1.29, 1.82) is 0 Å². The highest BCUT2D eigenvalue weighted by atomic mass is 16.6. The molecule has 126 valence electrons. The molecule has 0 aromatic rings. The summed E-state index contributed by atoms with van der Waals surface area (Å²) in [6.07, 6.45) is 4.68. The van der Waals surface area contributed by atoms with Gasteiger partial charge in [-0.3, -0.25) is 0 Å². The number of esters is 1. The summed E-state index contributed by atoms with van der Waals surface area (Å²) in [6, 6.07) is 0. The Morgan fingerprint density at radius 3 is 2.64 bits per heavy atom. The zero-order chi connectivity index (χ0) is 16.8. The molecule has 0 bridgehead atoms. The lowest BCUT2D eigenvalue weighted by molar-refractivity contribution is -0.137. The maximum Gasteiger partial charge on any atom is 0.410 e. The summed E-state index contributed by atoms with van der Waals surface area (Å²) < 4.78 is 10.5. The van der Waals surface area contributed by atoms with Crippen LogP contribution in [-0.2, 0) is 14.3 Å². The molecule has 0 aromatic heterocycles. The van der Waals surface area contributed by atoms with E-state index in [9.17, 15) is 9.59 Å². The highest BCUT2D eigenvalue weighted by molar-refractivity contribution is 5.81. The van der Waals surface area contributed by atoms with Crippen LogP contribution in [0.5, 0.6) is 0 Å². The van der Waals surface area contributed by atoms with Gasteiger partial charge in [0.2, 0.25) is 0 Å². The molecule has 1 atom stereocenters.